The van der Waals surface area contributed by atoms with Crippen LogP contribution in [0.5, 0.6) is 5.75 Å². The van der Waals surface area contributed by atoms with Crippen molar-refractivity contribution in [3.05, 3.63) is 36.5 Å². The fraction of sp³-hybridized carbons (Fsp3) is 0.0909. The number of ether oxygens (including phenoxy) is 1. The fourth-order valence-electron chi connectivity index (χ4n) is 1.27. The fourth-order valence-corrected chi connectivity index (χ4v) is 1.27. The van der Waals surface area contributed by atoms with Crippen molar-refractivity contribution in [2.45, 2.75) is 0 Å². The molecule has 3 heteroatoms. The van der Waals surface area contributed by atoms with Gasteiger partial charge in [0.15, 0.2) is 6.29 Å². The van der Waals surface area contributed by atoms with E-state index in [1.807, 2.05) is 24.3 Å². The second kappa shape index (κ2) is 3.87. The molecule has 0 amide bonds. The monoisotopic (exact) mass is 187 g/mol. The highest BCUT2D eigenvalue weighted by Gasteiger charge is 1.96. The van der Waals surface area contributed by atoms with Crippen molar-refractivity contribution in [1.29, 1.82) is 0 Å². The predicted octanol–water partition coefficient (Wildman–Crippen LogP) is 1.81. The number of hydrogen-bond acceptors (Lipinski definition) is 3. The summed E-state index contributed by atoms with van der Waals surface area (Å²) in [6.07, 6.45) is 2.47. The summed E-state index contributed by atoms with van der Waals surface area (Å²) in [6.45, 7) is 0.0891. The molecular weight excluding hydrogens is 178 g/mol. The van der Waals surface area contributed by atoms with Gasteiger partial charge in [-0.2, -0.15) is 0 Å². The molecule has 0 spiro atoms. The van der Waals surface area contributed by atoms with Crippen molar-refractivity contribution < 1.29 is 9.53 Å². The van der Waals surface area contributed by atoms with Crippen molar-refractivity contribution in [3.63, 3.8) is 0 Å². The van der Waals surface area contributed by atoms with Crippen LogP contribution in [0.15, 0.2) is 36.5 Å². The maximum absolute atomic E-state index is 10.1. The molecule has 1 heterocycles. The van der Waals surface area contributed by atoms with Crippen LogP contribution in [0.3, 0.4) is 0 Å². The summed E-state index contributed by atoms with van der Waals surface area (Å²) in [5, 5.41) is 1.01. The van der Waals surface area contributed by atoms with Gasteiger partial charge in [-0.15, -0.1) is 0 Å². The minimum atomic E-state index is 0.0891. The molecule has 0 fully saturated rings. The van der Waals surface area contributed by atoms with E-state index in [0.717, 1.165) is 17.2 Å². The first-order chi connectivity index (χ1) is 6.90. The Kier molecular flexibility index (Phi) is 2.40. The van der Waals surface area contributed by atoms with Crippen molar-refractivity contribution >= 4 is 17.2 Å². The molecule has 2 rings (SSSR count). The van der Waals surface area contributed by atoms with E-state index in [2.05, 4.69) is 4.98 Å². The molecular formula is C11H9NO2. The van der Waals surface area contributed by atoms with Crippen molar-refractivity contribution in [2.24, 2.45) is 0 Å². The number of nitrogens with zero attached hydrogens (tertiary/aromatic N) is 1. The van der Waals surface area contributed by atoms with Crippen molar-refractivity contribution in [3.8, 4) is 5.75 Å². The van der Waals surface area contributed by atoms with E-state index in [1.54, 1.807) is 12.3 Å². The number of pyridine rings is 1. The van der Waals surface area contributed by atoms with Crippen LogP contribution >= 0.6 is 0 Å². The maximum atomic E-state index is 10.1. The standard InChI is InChI=1S/C11H9NO2/c13-6-7-14-10-3-4-11-9(8-10)2-1-5-12-11/h1-6,8H,7H2. The lowest BCUT2D eigenvalue weighted by Crippen LogP contribution is -1.97. The van der Waals surface area contributed by atoms with Crippen LogP contribution in [0.25, 0.3) is 10.9 Å². The van der Waals surface area contributed by atoms with Crippen molar-refractivity contribution in [1.82, 2.24) is 4.98 Å². The molecule has 14 heavy (non-hydrogen) atoms. The second-order valence-corrected chi connectivity index (χ2v) is 2.84. The van der Waals surface area contributed by atoms with Gasteiger partial charge in [0.25, 0.3) is 0 Å². The van der Waals surface area contributed by atoms with Gasteiger partial charge in [-0.25, -0.2) is 0 Å². The Labute approximate surface area is 81.3 Å². The van der Waals surface area contributed by atoms with E-state index in [0.29, 0.717) is 5.75 Å². The molecule has 1 aromatic carbocycles. The average Bonchev–Trinajstić information content (AvgIpc) is 2.26. The Morgan fingerprint density at radius 2 is 2.29 bits per heavy atom. The highest BCUT2D eigenvalue weighted by atomic mass is 16.5. The lowest BCUT2D eigenvalue weighted by molar-refractivity contribution is -0.109. The second-order valence-electron chi connectivity index (χ2n) is 2.84. The lowest BCUT2D eigenvalue weighted by Gasteiger charge is -2.02. The Bertz CT molecular complexity index is 454. The number of rotatable bonds is 3. The molecule has 1 aromatic heterocycles. The van der Waals surface area contributed by atoms with Gasteiger partial charge in [-0.1, -0.05) is 6.07 Å². The molecule has 0 saturated heterocycles. The summed E-state index contributed by atoms with van der Waals surface area (Å²) < 4.78 is 5.17. The summed E-state index contributed by atoms with van der Waals surface area (Å²) in [4.78, 5) is 14.3. The highest BCUT2D eigenvalue weighted by molar-refractivity contribution is 5.79. The third-order valence-corrected chi connectivity index (χ3v) is 1.89. The summed E-state index contributed by atoms with van der Waals surface area (Å²) >= 11 is 0. The molecule has 3 nitrogen and oxygen atoms in total. The molecule has 0 saturated carbocycles. The Hall–Kier alpha value is -1.90. The minimum absolute atomic E-state index is 0.0891. The molecule has 0 aliphatic heterocycles. The van der Waals surface area contributed by atoms with Gasteiger partial charge in [-0.3, -0.25) is 9.78 Å². The Morgan fingerprint density at radius 3 is 3.14 bits per heavy atom. The van der Waals surface area contributed by atoms with Gasteiger partial charge in [-0.05, 0) is 24.3 Å². The van der Waals surface area contributed by atoms with E-state index >= 15 is 0 Å². The predicted molar refractivity (Wildman–Crippen MR) is 53.3 cm³/mol. The smallest absolute Gasteiger partial charge is 0.157 e. The first-order valence-electron chi connectivity index (χ1n) is 4.31. The molecule has 0 atom stereocenters. The quantitative estimate of drug-likeness (QED) is 0.688. The average molecular weight is 187 g/mol. The van der Waals surface area contributed by atoms with E-state index in [4.69, 9.17) is 4.74 Å². The van der Waals surface area contributed by atoms with Gasteiger partial charge in [0.2, 0.25) is 0 Å². The van der Waals surface area contributed by atoms with E-state index in [9.17, 15) is 4.79 Å². The summed E-state index contributed by atoms with van der Waals surface area (Å²) in [5.74, 6) is 0.692. The minimum Gasteiger partial charge on any atom is -0.486 e. The molecule has 70 valence electrons. The third kappa shape index (κ3) is 1.71. The zero-order valence-corrected chi connectivity index (χ0v) is 7.51. The van der Waals surface area contributed by atoms with Gasteiger partial charge < -0.3 is 4.74 Å². The molecule has 0 N–H and O–H groups in total. The SMILES string of the molecule is O=CCOc1ccc2ncccc2c1. The Balaban J connectivity index is 2.36. The lowest BCUT2D eigenvalue weighted by atomic mass is 10.2. The van der Waals surface area contributed by atoms with Gasteiger partial charge in [0.1, 0.15) is 12.4 Å². The summed E-state index contributed by atoms with van der Waals surface area (Å²) in [7, 11) is 0. The Morgan fingerprint density at radius 1 is 1.36 bits per heavy atom. The highest BCUT2D eigenvalue weighted by Crippen LogP contribution is 2.18. The summed E-state index contributed by atoms with van der Waals surface area (Å²) in [6, 6.07) is 9.36. The van der Waals surface area contributed by atoms with E-state index in [1.165, 1.54) is 0 Å². The first kappa shape index (κ1) is 8.69. The van der Waals surface area contributed by atoms with Crippen LogP contribution in [0.4, 0.5) is 0 Å². The van der Waals surface area contributed by atoms with Crippen LogP contribution in [0.2, 0.25) is 0 Å². The number of carbonyl (C=O) groups excluding carboxylic acids is 1. The maximum Gasteiger partial charge on any atom is 0.157 e. The molecule has 0 radical (unpaired) electrons. The third-order valence-electron chi connectivity index (χ3n) is 1.89. The van der Waals surface area contributed by atoms with Gasteiger partial charge in [0.05, 0.1) is 5.52 Å². The van der Waals surface area contributed by atoms with Gasteiger partial charge in [0, 0.05) is 11.6 Å². The zero-order chi connectivity index (χ0) is 9.80. The molecule has 0 unspecified atom stereocenters. The molecule has 0 aliphatic rings. The number of fused-ring (bicyclic) bond motifs is 1. The zero-order valence-electron chi connectivity index (χ0n) is 7.51. The molecule has 0 bridgehead atoms. The number of aromatic nitrogens is 1. The topological polar surface area (TPSA) is 39.2 Å². The van der Waals surface area contributed by atoms with Crippen LogP contribution in [-0.4, -0.2) is 17.9 Å². The number of carbonyl (C=O) groups is 1. The molecule has 2 aromatic rings. The normalized spacial score (nSPS) is 10.0. The number of hydrogen-bond donors (Lipinski definition) is 0. The van der Waals surface area contributed by atoms with Crippen molar-refractivity contribution in [2.75, 3.05) is 6.61 Å². The van der Waals surface area contributed by atoms with Crippen LogP contribution in [0, 0.1) is 0 Å². The number of aldehydes is 1. The summed E-state index contributed by atoms with van der Waals surface area (Å²) in [5.41, 5.74) is 0.922. The number of benzene rings is 1. The van der Waals surface area contributed by atoms with Crippen LogP contribution in [0.1, 0.15) is 0 Å². The first-order valence-corrected chi connectivity index (χ1v) is 4.31. The van der Waals surface area contributed by atoms with Crippen LogP contribution < -0.4 is 4.74 Å². The largest absolute Gasteiger partial charge is 0.486 e. The van der Waals surface area contributed by atoms with Gasteiger partial charge >= 0.3 is 0 Å². The van der Waals surface area contributed by atoms with E-state index < -0.39 is 0 Å². The van der Waals surface area contributed by atoms with Crippen LogP contribution in [-0.2, 0) is 4.79 Å². The molecule has 0 aliphatic carbocycles. The van der Waals surface area contributed by atoms with E-state index in [-0.39, 0.29) is 6.61 Å².